The number of benzene rings is 2. The fraction of sp³-hybridized carbons (Fsp3) is 0.300. The van der Waals surface area contributed by atoms with E-state index in [2.05, 4.69) is 5.32 Å². The molecule has 2 amide bonds. The number of nitrogens with zero attached hydrogens (tertiary/aromatic N) is 1. The fourth-order valence-corrected chi connectivity index (χ4v) is 2.87. The minimum absolute atomic E-state index is 0.130. The van der Waals surface area contributed by atoms with E-state index >= 15 is 0 Å². The van der Waals surface area contributed by atoms with Crippen LogP contribution in [0.1, 0.15) is 18.1 Å². The Balaban J connectivity index is 2.26. The molecular weight excluding hydrogens is 352 g/mol. The number of hydrogen-bond acceptors (Lipinski definition) is 3. The lowest BCUT2D eigenvalue weighted by Crippen LogP contribution is -2.47. The Kier molecular flexibility index (Phi) is 7.04. The van der Waals surface area contributed by atoms with Gasteiger partial charge in [-0.2, -0.15) is 0 Å². The molecule has 0 fully saturated rings. The summed E-state index contributed by atoms with van der Waals surface area (Å²) in [5.41, 5.74) is 1.62. The summed E-state index contributed by atoms with van der Waals surface area (Å²) in [6, 6.07) is 14.0. The zero-order valence-corrected chi connectivity index (χ0v) is 15.9. The van der Waals surface area contributed by atoms with E-state index in [1.807, 2.05) is 42.5 Å². The number of methoxy groups -OCH3 is 1. The Hall–Kier alpha value is -2.53. The lowest BCUT2D eigenvalue weighted by Gasteiger charge is -2.28. The third-order valence-corrected chi connectivity index (χ3v) is 4.57. The maximum absolute atomic E-state index is 12.9. The van der Waals surface area contributed by atoms with Crippen LogP contribution < -0.4 is 10.1 Å². The lowest BCUT2D eigenvalue weighted by molar-refractivity contribution is -0.139. The van der Waals surface area contributed by atoms with E-state index < -0.39 is 6.04 Å². The zero-order valence-electron chi connectivity index (χ0n) is 15.2. The largest absolute Gasteiger partial charge is 0.497 e. The van der Waals surface area contributed by atoms with Gasteiger partial charge in [0, 0.05) is 18.6 Å². The van der Waals surface area contributed by atoms with Crippen LogP contribution in [0.2, 0.25) is 5.02 Å². The molecule has 0 saturated heterocycles. The quantitative estimate of drug-likeness (QED) is 0.810. The highest BCUT2D eigenvalue weighted by Gasteiger charge is 2.26. The van der Waals surface area contributed by atoms with Crippen molar-refractivity contribution in [3.63, 3.8) is 0 Å². The number of halogens is 1. The lowest BCUT2D eigenvalue weighted by atomic mass is 10.1. The van der Waals surface area contributed by atoms with Gasteiger partial charge in [-0.15, -0.1) is 0 Å². The number of carbonyl (C=O) groups is 2. The van der Waals surface area contributed by atoms with Gasteiger partial charge in [-0.3, -0.25) is 9.59 Å². The van der Waals surface area contributed by atoms with Crippen LogP contribution in [0.3, 0.4) is 0 Å². The van der Waals surface area contributed by atoms with E-state index in [-0.39, 0.29) is 18.2 Å². The van der Waals surface area contributed by atoms with Crippen molar-refractivity contribution in [3.05, 3.63) is 64.7 Å². The molecular formula is C20H23ClN2O3. The molecule has 2 aromatic carbocycles. The number of hydrogen-bond donors (Lipinski definition) is 1. The van der Waals surface area contributed by atoms with E-state index in [1.165, 1.54) is 0 Å². The standard InChI is InChI=1S/C20H23ClN2O3/c1-14(20(25)22-2)23(13-15-7-6-9-17(11-15)26-3)19(24)12-16-8-4-5-10-18(16)21/h4-11,14H,12-13H2,1-3H3,(H,22,25)/t14-/m1/s1. The van der Waals surface area contributed by atoms with Crippen molar-refractivity contribution in [1.29, 1.82) is 0 Å². The van der Waals surface area contributed by atoms with E-state index in [9.17, 15) is 9.59 Å². The molecule has 2 aromatic rings. The third-order valence-electron chi connectivity index (χ3n) is 4.20. The second-order valence-corrected chi connectivity index (χ2v) is 6.34. The van der Waals surface area contributed by atoms with Gasteiger partial charge in [-0.25, -0.2) is 0 Å². The van der Waals surface area contributed by atoms with Crippen LogP contribution in [0.25, 0.3) is 0 Å². The predicted octanol–water partition coefficient (Wildman–Crippen LogP) is 3.05. The summed E-state index contributed by atoms with van der Waals surface area (Å²) < 4.78 is 5.24. The van der Waals surface area contributed by atoms with Crippen LogP contribution in [0.5, 0.6) is 5.75 Å². The van der Waals surface area contributed by atoms with Gasteiger partial charge in [0.15, 0.2) is 0 Å². The third kappa shape index (κ3) is 4.99. The van der Waals surface area contributed by atoms with Gasteiger partial charge in [0.05, 0.1) is 13.5 Å². The van der Waals surface area contributed by atoms with Crippen LogP contribution in [0.15, 0.2) is 48.5 Å². The Morgan fingerprint density at radius 1 is 1.19 bits per heavy atom. The molecule has 0 saturated carbocycles. The first-order chi connectivity index (χ1) is 12.5. The normalized spacial score (nSPS) is 11.5. The minimum atomic E-state index is -0.610. The SMILES string of the molecule is CNC(=O)[C@@H](C)N(Cc1cccc(OC)c1)C(=O)Cc1ccccc1Cl. The monoisotopic (exact) mass is 374 g/mol. The minimum Gasteiger partial charge on any atom is -0.497 e. The van der Waals surface area contributed by atoms with Crippen molar-refractivity contribution in [3.8, 4) is 5.75 Å². The average molecular weight is 375 g/mol. The number of ether oxygens (including phenoxy) is 1. The molecule has 0 bridgehead atoms. The van der Waals surface area contributed by atoms with Crippen molar-refractivity contribution < 1.29 is 14.3 Å². The van der Waals surface area contributed by atoms with Gasteiger partial charge >= 0.3 is 0 Å². The maximum atomic E-state index is 12.9. The first-order valence-corrected chi connectivity index (χ1v) is 8.71. The summed E-state index contributed by atoms with van der Waals surface area (Å²) in [4.78, 5) is 26.6. The summed E-state index contributed by atoms with van der Waals surface area (Å²) in [7, 11) is 3.15. The molecule has 0 aliphatic heterocycles. The van der Waals surface area contributed by atoms with Crippen molar-refractivity contribution in [2.45, 2.75) is 25.9 Å². The first kappa shape index (κ1) is 19.8. The van der Waals surface area contributed by atoms with E-state index in [1.54, 1.807) is 32.0 Å². The Morgan fingerprint density at radius 2 is 1.92 bits per heavy atom. The Morgan fingerprint density at radius 3 is 2.58 bits per heavy atom. The molecule has 26 heavy (non-hydrogen) atoms. The molecule has 2 rings (SSSR count). The average Bonchev–Trinajstić information content (AvgIpc) is 2.66. The first-order valence-electron chi connectivity index (χ1n) is 8.33. The molecule has 0 aliphatic carbocycles. The molecule has 0 aliphatic rings. The topological polar surface area (TPSA) is 58.6 Å². The molecule has 0 heterocycles. The van der Waals surface area contributed by atoms with Crippen LogP contribution in [-0.4, -0.2) is 36.9 Å². The van der Waals surface area contributed by atoms with Crippen LogP contribution in [0.4, 0.5) is 0 Å². The number of nitrogens with one attached hydrogen (secondary N) is 1. The van der Waals surface area contributed by atoms with Gasteiger partial charge in [-0.05, 0) is 36.2 Å². The summed E-state index contributed by atoms with van der Waals surface area (Å²) >= 11 is 6.18. The number of carbonyl (C=O) groups excluding carboxylic acids is 2. The second kappa shape index (κ2) is 9.25. The summed E-state index contributed by atoms with van der Waals surface area (Å²) in [5, 5.41) is 3.14. The van der Waals surface area contributed by atoms with Gasteiger partial charge in [-0.1, -0.05) is 41.9 Å². The molecule has 1 N–H and O–H groups in total. The van der Waals surface area contributed by atoms with Crippen molar-refractivity contribution >= 4 is 23.4 Å². The molecule has 5 nitrogen and oxygen atoms in total. The number of rotatable bonds is 7. The number of likely N-dealkylation sites (N-methyl/N-ethyl adjacent to an activating group) is 1. The summed E-state index contributed by atoms with van der Waals surface area (Å²) in [6.45, 7) is 2.01. The van der Waals surface area contributed by atoms with Gasteiger partial charge in [0.1, 0.15) is 11.8 Å². The molecule has 1 atom stereocenters. The van der Waals surface area contributed by atoms with Crippen molar-refractivity contribution in [2.75, 3.05) is 14.2 Å². The van der Waals surface area contributed by atoms with E-state index in [4.69, 9.17) is 16.3 Å². The molecule has 6 heteroatoms. The highest BCUT2D eigenvalue weighted by atomic mass is 35.5. The second-order valence-electron chi connectivity index (χ2n) is 5.93. The van der Waals surface area contributed by atoms with Crippen molar-refractivity contribution in [1.82, 2.24) is 10.2 Å². The number of amides is 2. The molecule has 0 unspecified atom stereocenters. The van der Waals surface area contributed by atoms with Gasteiger partial charge in [0.2, 0.25) is 11.8 Å². The van der Waals surface area contributed by atoms with Gasteiger partial charge < -0.3 is 15.0 Å². The fourth-order valence-electron chi connectivity index (χ4n) is 2.67. The van der Waals surface area contributed by atoms with Crippen molar-refractivity contribution in [2.24, 2.45) is 0 Å². The molecule has 138 valence electrons. The Labute approximate surface area is 158 Å². The molecule has 0 aromatic heterocycles. The van der Waals surface area contributed by atoms with Crippen LogP contribution >= 0.6 is 11.6 Å². The predicted molar refractivity (Wildman–Crippen MR) is 102 cm³/mol. The highest BCUT2D eigenvalue weighted by molar-refractivity contribution is 6.31. The summed E-state index contributed by atoms with van der Waals surface area (Å²) in [5.74, 6) is 0.311. The molecule has 0 spiro atoms. The molecule has 0 radical (unpaired) electrons. The van der Waals surface area contributed by atoms with Crippen LogP contribution in [-0.2, 0) is 22.6 Å². The van der Waals surface area contributed by atoms with E-state index in [0.717, 1.165) is 11.1 Å². The maximum Gasteiger partial charge on any atom is 0.242 e. The summed E-state index contributed by atoms with van der Waals surface area (Å²) in [6.07, 6.45) is 0.130. The highest BCUT2D eigenvalue weighted by Crippen LogP contribution is 2.19. The smallest absolute Gasteiger partial charge is 0.242 e. The van der Waals surface area contributed by atoms with Gasteiger partial charge in [0.25, 0.3) is 0 Å². The van der Waals surface area contributed by atoms with E-state index in [0.29, 0.717) is 17.3 Å². The zero-order chi connectivity index (χ0) is 19.1. The van der Waals surface area contributed by atoms with Crippen LogP contribution in [0, 0.1) is 0 Å². The Bertz CT molecular complexity index is 779.